The maximum absolute atomic E-state index is 12.3. The average molecular weight is 323 g/mol. The minimum absolute atomic E-state index is 0.114. The van der Waals surface area contributed by atoms with Crippen molar-refractivity contribution in [2.45, 2.75) is 25.5 Å². The number of hydrogen-bond donors (Lipinski definition) is 1. The highest BCUT2D eigenvalue weighted by Gasteiger charge is 2.24. The molecule has 1 amide bonds. The third-order valence-corrected chi connectivity index (χ3v) is 4.55. The first-order valence-corrected chi connectivity index (χ1v) is 9.17. The van der Waals surface area contributed by atoms with E-state index in [0.29, 0.717) is 13.0 Å². The minimum atomic E-state index is -0.850. The molecule has 1 fully saturated rings. The molecular formula is C16H25N3O2S. The molecule has 1 aromatic heterocycles. The Morgan fingerprint density at radius 1 is 1.41 bits per heavy atom. The molecular weight excluding hydrogens is 298 g/mol. The van der Waals surface area contributed by atoms with Crippen molar-refractivity contribution >= 4 is 17.7 Å². The lowest BCUT2D eigenvalue weighted by Gasteiger charge is -2.24. The second kappa shape index (κ2) is 9.12. The number of aliphatic hydroxyl groups is 1. The molecule has 5 nitrogen and oxygen atoms in total. The molecule has 0 aromatic carbocycles. The van der Waals surface area contributed by atoms with Gasteiger partial charge in [0.1, 0.15) is 6.10 Å². The first kappa shape index (κ1) is 17.2. The Kier molecular flexibility index (Phi) is 7.15. The van der Waals surface area contributed by atoms with E-state index < -0.39 is 6.10 Å². The van der Waals surface area contributed by atoms with Crippen LogP contribution < -0.4 is 0 Å². The maximum atomic E-state index is 12.3. The second-order valence-electron chi connectivity index (χ2n) is 5.61. The predicted octanol–water partition coefficient (Wildman–Crippen LogP) is 1.23. The van der Waals surface area contributed by atoms with Gasteiger partial charge in [0.05, 0.1) is 0 Å². The van der Waals surface area contributed by atoms with E-state index >= 15 is 0 Å². The number of aromatic nitrogens is 1. The zero-order valence-electron chi connectivity index (χ0n) is 13.1. The molecule has 22 heavy (non-hydrogen) atoms. The van der Waals surface area contributed by atoms with Crippen LogP contribution in [0.15, 0.2) is 24.5 Å². The lowest BCUT2D eigenvalue weighted by atomic mass is 10.2. The van der Waals surface area contributed by atoms with Gasteiger partial charge in [-0.3, -0.25) is 14.7 Å². The van der Waals surface area contributed by atoms with Crippen molar-refractivity contribution in [2.24, 2.45) is 0 Å². The zero-order valence-corrected chi connectivity index (χ0v) is 14.0. The van der Waals surface area contributed by atoms with Crippen LogP contribution in [-0.2, 0) is 11.3 Å². The molecule has 0 bridgehead atoms. The van der Waals surface area contributed by atoms with Crippen LogP contribution in [0.4, 0.5) is 0 Å². The molecule has 2 heterocycles. The Hall–Kier alpha value is -1.11. The summed E-state index contributed by atoms with van der Waals surface area (Å²) < 4.78 is 0. The van der Waals surface area contributed by atoms with E-state index in [2.05, 4.69) is 16.0 Å². The van der Waals surface area contributed by atoms with E-state index in [1.54, 1.807) is 18.0 Å². The number of aliphatic hydroxyl groups excluding tert-OH is 1. The molecule has 122 valence electrons. The summed E-state index contributed by atoms with van der Waals surface area (Å²) in [6.45, 7) is 4.11. The number of thioether (sulfide) groups is 1. The fourth-order valence-corrected chi connectivity index (χ4v) is 3.12. The van der Waals surface area contributed by atoms with E-state index in [-0.39, 0.29) is 5.91 Å². The summed E-state index contributed by atoms with van der Waals surface area (Å²) in [7, 11) is 0. The molecule has 1 aliphatic heterocycles. The van der Waals surface area contributed by atoms with E-state index in [4.69, 9.17) is 0 Å². The number of pyridine rings is 1. The Bertz CT molecular complexity index is 458. The molecule has 6 heteroatoms. The minimum Gasteiger partial charge on any atom is -0.383 e. The smallest absolute Gasteiger partial charge is 0.251 e. The molecule has 2 rings (SSSR count). The lowest BCUT2D eigenvalue weighted by molar-refractivity contribution is -0.140. The second-order valence-corrected chi connectivity index (χ2v) is 6.60. The van der Waals surface area contributed by atoms with Crippen LogP contribution in [0.1, 0.15) is 18.4 Å². The molecule has 1 aliphatic rings. The Labute approximate surface area is 136 Å². The van der Waals surface area contributed by atoms with Gasteiger partial charge in [0.25, 0.3) is 5.91 Å². The van der Waals surface area contributed by atoms with E-state index in [1.807, 2.05) is 23.4 Å². The van der Waals surface area contributed by atoms with Crippen LogP contribution in [0.25, 0.3) is 0 Å². The SMILES string of the molecule is CSCC[C@@H](O)C(=O)N1CCCN(Cc2cccnc2)CC1. The Morgan fingerprint density at radius 3 is 3.00 bits per heavy atom. The van der Waals surface area contributed by atoms with Crippen LogP contribution in [0.5, 0.6) is 0 Å². The zero-order chi connectivity index (χ0) is 15.8. The number of nitrogens with zero attached hydrogens (tertiary/aromatic N) is 3. The van der Waals surface area contributed by atoms with Gasteiger partial charge in [-0.15, -0.1) is 0 Å². The molecule has 1 saturated heterocycles. The van der Waals surface area contributed by atoms with Gasteiger partial charge in [-0.05, 0) is 36.5 Å². The third kappa shape index (κ3) is 5.26. The lowest BCUT2D eigenvalue weighted by Crippen LogP contribution is -2.41. The summed E-state index contributed by atoms with van der Waals surface area (Å²) in [5.41, 5.74) is 1.20. The van der Waals surface area contributed by atoms with Crippen LogP contribution in [0, 0.1) is 0 Å². The fourth-order valence-electron chi connectivity index (χ4n) is 2.66. The average Bonchev–Trinajstić information content (AvgIpc) is 2.78. The number of rotatable bonds is 6. The molecule has 0 radical (unpaired) electrons. The number of carbonyl (C=O) groups is 1. The summed E-state index contributed by atoms with van der Waals surface area (Å²) in [6, 6.07) is 4.03. The first-order chi connectivity index (χ1) is 10.7. The van der Waals surface area contributed by atoms with E-state index in [1.165, 1.54) is 5.56 Å². The normalized spacial score (nSPS) is 18.0. The summed E-state index contributed by atoms with van der Waals surface area (Å²) in [5.74, 6) is 0.700. The highest BCUT2D eigenvalue weighted by Crippen LogP contribution is 2.11. The van der Waals surface area contributed by atoms with Gasteiger partial charge in [-0.25, -0.2) is 0 Å². The maximum Gasteiger partial charge on any atom is 0.251 e. The van der Waals surface area contributed by atoms with Crippen LogP contribution in [0.3, 0.4) is 0 Å². The molecule has 0 unspecified atom stereocenters. The summed E-state index contributed by atoms with van der Waals surface area (Å²) in [5, 5.41) is 9.97. The highest BCUT2D eigenvalue weighted by atomic mass is 32.2. The molecule has 0 spiro atoms. The fraction of sp³-hybridized carbons (Fsp3) is 0.625. The largest absolute Gasteiger partial charge is 0.383 e. The molecule has 0 aliphatic carbocycles. The van der Waals surface area contributed by atoms with Crippen molar-refractivity contribution in [2.75, 3.05) is 38.2 Å². The Balaban J connectivity index is 1.83. The molecule has 1 N–H and O–H groups in total. The van der Waals surface area contributed by atoms with Crippen LogP contribution in [0.2, 0.25) is 0 Å². The van der Waals surface area contributed by atoms with Gasteiger partial charge in [-0.1, -0.05) is 6.07 Å². The molecule has 1 atom stereocenters. The monoisotopic (exact) mass is 323 g/mol. The Morgan fingerprint density at radius 2 is 2.27 bits per heavy atom. The van der Waals surface area contributed by atoms with E-state index in [0.717, 1.165) is 38.4 Å². The van der Waals surface area contributed by atoms with Crippen molar-refractivity contribution in [3.63, 3.8) is 0 Å². The van der Waals surface area contributed by atoms with Gasteiger partial charge < -0.3 is 10.0 Å². The topological polar surface area (TPSA) is 56.7 Å². The van der Waals surface area contributed by atoms with Gasteiger partial charge >= 0.3 is 0 Å². The number of amides is 1. The summed E-state index contributed by atoms with van der Waals surface area (Å²) in [4.78, 5) is 20.6. The number of hydrogen-bond acceptors (Lipinski definition) is 5. The van der Waals surface area contributed by atoms with Crippen molar-refractivity contribution < 1.29 is 9.90 Å². The van der Waals surface area contributed by atoms with Crippen molar-refractivity contribution in [1.82, 2.24) is 14.8 Å². The van der Waals surface area contributed by atoms with Crippen LogP contribution >= 0.6 is 11.8 Å². The van der Waals surface area contributed by atoms with Gasteiger partial charge in [-0.2, -0.15) is 11.8 Å². The standard InChI is InChI=1S/C16H25N3O2S/c1-22-11-5-15(20)16(21)19-8-3-7-18(9-10-19)13-14-4-2-6-17-12-14/h2,4,6,12,15,20H,3,5,7-11,13H2,1H3/t15-/m1/s1. The molecule has 1 aromatic rings. The van der Waals surface area contributed by atoms with Gasteiger partial charge in [0.2, 0.25) is 0 Å². The van der Waals surface area contributed by atoms with Crippen molar-refractivity contribution in [3.8, 4) is 0 Å². The summed E-state index contributed by atoms with van der Waals surface area (Å²) in [6.07, 6.45) is 6.29. The van der Waals surface area contributed by atoms with Crippen molar-refractivity contribution in [1.29, 1.82) is 0 Å². The number of carbonyl (C=O) groups excluding carboxylic acids is 1. The first-order valence-electron chi connectivity index (χ1n) is 7.77. The summed E-state index contributed by atoms with van der Waals surface area (Å²) >= 11 is 1.65. The van der Waals surface area contributed by atoms with Crippen molar-refractivity contribution in [3.05, 3.63) is 30.1 Å². The van der Waals surface area contributed by atoms with Crippen LogP contribution in [-0.4, -0.2) is 70.1 Å². The van der Waals surface area contributed by atoms with E-state index in [9.17, 15) is 9.90 Å². The van der Waals surface area contributed by atoms with Gasteiger partial charge in [0, 0.05) is 45.1 Å². The third-order valence-electron chi connectivity index (χ3n) is 3.91. The molecule has 0 saturated carbocycles. The van der Waals surface area contributed by atoms with Gasteiger partial charge in [0.15, 0.2) is 0 Å². The predicted molar refractivity (Wildman–Crippen MR) is 89.7 cm³/mol. The highest BCUT2D eigenvalue weighted by molar-refractivity contribution is 7.98. The quantitative estimate of drug-likeness (QED) is 0.853.